The van der Waals surface area contributed by atoms with Crippen LogP contribution in [0, 0.1) is 18.2 Å². The number of halogens is 1. The first-order valence-corrected chi connectivity index (χ1v) is 8.11. The summed E-state index contributed by atoms with van der Waals surface area (Å²) in [5.41, 5.74) is 2.77. The number of rotatable bonds is 6. The minimum atomic E-state index is -0.0990. The molecule has 1 fully saturated rings. The molecule has 0 saturated heterocycles. The first-order chi connectivity index (χ1) is 9.65. The van der Waals surface area contributed by atoms with Gasteiger partial charge in [-0.05, 0) is 67.8 Å². The van der Waals surface area contributed by atoms with Gasteiger partial charge in [0.25, 0.3) is 0 Å². The molecule has 1 aromatic rings. The highest BCUT2D eigenvalue weighted by atomic mass is 19.1. The smallest absolute Gasteiger partial charge is 0.123 e. The van der Waals surface area contributed by atoms with Crippen LogP contribution in [0.15, 0.2) is 18.2 Å². The van der Waals surface area contributed by atoms with Crippen LogP contribution < -0.4 is 5.32 Å². The zero-order valence-electron chi connectivity index (χ0n) is 13.0. The fourth-order valence-corrected chi connectivity index (χ4v) is 3.48. The van der Waals surface area contributed by atoms with Crippen molar-refractivity contribution in [1.82, 2.24) is 5.32 Å². The summed E-state index contributed by atoms with van der Waals surface area (Å²) in [6, 6.07) is 5.23. The predicted molar refractivity (Wildman–Crippen MR) is 83.5 cm³/mol. The van der Waals surface area contributed by atoms with Crippen LogP contribution in [0.2, 0.25) is 0 Å². The van der Waals surface area contributed by atoms with E-state index in [-0.39, 0.29) is 5.82 Å². The summed E-state index contributed by atoms with van der Waals surface area (Å²) in [6.45, 7) is 6.47. The van der Waals surface area contributed by atoms with Crippen LogP contribution in [0.1, 0.15) is 56.6 Å². The van der Waals surface area contributed by atoms with E-state index in [0.717, 1.165) is 19.5 Å². The van der Waals surface area contributed by atoms with E-state index in [1.54, 1.807) is 12.1 Å². The number of nitrogens with one attached hydrogen (secondary N) is 1. The summed E-state index contributed by atoms with van der Waals surface area (Å²) in [5.74, 6) is -0.0990. The molecule has 1 nitrogen and oxygen atoms in total. The quantitative estimate of drug-likeness (QED) is 0.748. The Bertz CT molecular complexity index is 421. The van der Waals surface area contributed by atoms with Crippen LogP contribution in [0.3, 0.4) is 0 Å². The second-order valence-electron chi connectivity index (χ2n) is 6.49. The molecule has 0 amide bonds. The minimum Gasteiger partial charge on any atom is -0.316 e. The van der Waals surface area contributed by atoms with E-state index in [2.05, 4.69) is 19.2 Å². The molecule has 0 spiro atoms. The first-order valence-electron chi connectivity index (χ1n) is 8.11. The summed E-state index contributed by atoms with van der Waals surface area (Å²) < 4.78 is 13.5. The topological polar surface area (TPSA) is 12.0 Å². The van der Waals surface area contributed by atoms with Crippen LogP contribution >= 0.6 is 0 Å². The van der Waals surface area contributed by atoms with E-state index < -0.39 is 0 Å². The molecule has 0 bridgehead atoms. The van der Waals surface area contributed by atoms with Gasteiger partial charge in [0.15, 0.2) is 0 Å². The summed E-state index contributed by atoms with van der Waals surface area (Å²) in [6.07, 6.45) is 8.75. The van der Waals surface area contributed by atoms with Crippen molar-refractivity contribution in [1.29, 1.82) is 0 Å². The Morgan fingerprint density at radius 2 is 1.95 bits per heavy atom. The van der Waals surface area contributed by atoms with E-state index in [1.165, 1.54) is 49.7 Å². The van der Waals surface area contributed by atoms with E-state index in [1.807, 2.05) is 6.07 Å². The first kappa shape index (κ1) is 15.5. The van der Waals surface area contributed by atoms with Crippen LogP contribution in [0.25, 0.3) is 0 Å². The molecule has 1 saturated carbocycles. The number of hydrogen-bond acceptors (Lipinski definition) is 1. The number of hydrogen-bond donors (Lipinski definition) is 1. The van der Waals surface area contributed by atoms with Crippen molar-refractivity contribution < 1.29 is 4.39 Å². The average Bonchev–Trinajstić information content (AvgIpc) is 2.44. The molecule has 1 aliphatic rings. The molecule has 0 aromatic heterocycles. The molecule has 0 heterocycles. The molecule has 20 heavy (non-hydrogen) atoms. The van der Waals surface area contributed by atoms with E-state index >= 15 is 0 Å². The Labute approximate surface area is 123 Å². The maximum absolute atomic E-state index is 13.5. The van der Waals surface area contributed by atoms with Gasteiger partial charge in [0.2, 0.25) is 0 Å². The largest absolute Gasteiger partial charge is 0.316 e. The highest BCUT2D eigenvalue weighted by molar-refractivity contribution is 5.28. The Morgan fingerprint density at radius 3 is 2.65 bits per heavy atom. The van der Waals surface area contributed by atoms with Crippen LogP contribution in [-0.4, -0.2) is 13.1 Å². The fraction of sp³-hybridized carbons (Fsp3) is 0.667. The van der Waals surface area contributed by atoms with Crippen molar-refractivity contribution in [3.63, 3.8) is 0 Å². The molecule has 0 aliphatic heterocycles. The van der Waals surface area contributed by atoms with Gasteiger partial charge in [-0.15, -0.1) is 0 Å². The van der Waals surface area contributed by atoms with Gasteiger partial charge in [0.1, 0.15) is 5.82 Å². The number of aryl methyl sites for hydroxylation is 1. The zero-order chi connectivity index (χ0) is 14.4. The summed E-state index contributed by atoms with van der Waals surface area (Å²) in [7, 11) is 0. The third-order valence-corrected chi connectivity index (χ3v) is 4.72. The van der Waals surface area contributed by atoms with Crippen molar-refractivity contribution in [2.24, 2.45) is 5.41 Å². The minimum absolute atomic E-state index is 0.0990. The molecule has 1 aliphatic carbocycles. The van der Waals surface area contributed by atoms with Crippen molar-refractivity contribution in [2.75, 3.05) is 13.1 Å². The third kappa shape index (κ3) is 4.05. The van der Waals surface area contributed by atoms with Gasteiger partial charge in [-0.2, -0.15) is 0 Å². The monoisotopic (exact) mass is 277 g/mol. The van der Waals surface area contributed by atoms with Gasteiger partial charge in [0.05, 0.1) is 0 Å². The molecule has 1 aromatic carbocycles. The lowest BCUT2D eigenvalue weighted by Crippen LogP contribution is -2.38. The molecule has 1 N–H and O–H groups in total. The van der Waals surface area contributed by atoms with Crippen molar-refractivity contribution in [2.45, 2.75) is 58.8 Å². The summed E-state index contributed by atoms with van der Waals surface area (Å²) in [4.78, 5) is 0. The van der Waals surface area contributed by atoms with E-state index in [4.69, 9.17) is 0 Å². The maximum atomic E-state index is 13.5. The summed E-state index contributed by atoms with van der Waals surface area (Å²) in [5, 5.41) is 3.61. The zero-order valence-corrected chi connectivity index (χ0v) is 13.0. The Kier molecular flexibility index (Phi) is 5.59. The van der Waals surface area contributed by atoms with E-state index in [9.17, 15) is 4.39 Å². The van der Waals surface area contributed by atoms with E-state index in [0.29, 0.717) is 5.41 Å². The van der Waals surface area contributed by atoms with Crippen molar-refractivity contribution in [3.8, 4) is 0 Å². The predicted octanol–water partition coefficient (Wildman–Crippen LogP) is 4.63. The fourth-order valence-electron chi connectivity index (χ4n) is 3.48. The molecule has 0 radical (unpaired) electrons. The van der Waals surface area contributed by atoms with Crippen LogP contribution in [0.4, 0.5) is 4.39 Å². The highest BCUT2D eigenvalue weighted by Crippen LogP contribution is 2.39. The SMILES string of the molecule is CCCNCC1(Cc2cc(F)ccc2C)CCCCC1. The molecule has 2 rings (SSSR count). The standard InChI is InChI=1S/C18H28FN/c1-3-11-20-14-18(9-5-4-6-10-18)13-16-12-17(19)8-7-15(16)2/h7-8,12,20H,3-6,9-11,13-14H2,1-2H3. The van der Waals surface area contributed by atoms with Gasteiger partial charge in [0, 0.05) is 6.54 Å². The lowest BCUT2D eigenvalue weighted by Gasteiger charge is -2.38. The molecular formula is C18H28FN. The van der Waals surface area contributed by atoms with Crippen molar-refractivity contribution in [3.05, 3.63) is 35.1 Å². The van der Waals surface area contributed by atoms with Gasteiger partial charge in [-0.3, -0.25) is 0 Å². The Morgan fingerprint density at radius 1 is 1.20 bits per heavy atom. The summed E-state index contributed by atoms with van der Waals surface area (Å²) >= 11 is 0. The normalized spacial score (nSPS) is 18.1. The third-order valence-electron chi connectivity index (χ3n) is 4.72. The van der Waals surface area contributed by atoms with Crippen LogP contribution in [-0.2, 0) is 6.42 Å². The van der Waals surface area contributed by atoms with Crippen molar-refractivity contribution >= 4 is 0 Å². The van der Waals surface area contributed by atoms with Crippen LogP contribution in [0.5, 0.6) is 0 Å². The molecular weight excluding hydrogens is 249 g/mol. The maximum Gasteiger partial charge on any atom is 0.123 e. The molecule has 2 heteroatoms. The Balaban J connectivity index is 2.12. The van der Waals surface area contributed by atoms with Gasteiger partial charge < -0.3 is 5.32 Å². The highest BCUT2D eigenvalue weighted by Gasteiger charge is 2.32. The molecule has 0 atom stereocenters. The van der Waals surface area contributed by atoms with Gasteiger partial charge >= 0.3 is 0 Å². The average molecular weight is 277 g/mol. The van der Waals surface area contributed by atoms with Gasteiger partial charge in [-0.1, -0.05) is 32.3 Å². The second kappa shape index (κ2) is 7.21. The molecule has 0 unspecified atom stereocenters. The molecule has 112 valence electrons. The van der Waals surface area contributed by atoms with Gasteiger partial charge in [-0.25, -0.2) is 4.39 Å². The lowest BCUT2D eigenvalue weighted by atomic mass is 9.70. The number of benzene rings is 1. The Hall–Kier alpha value is -0.890. The lowest BCUT2D eigenvalue weighted by molar-refractivity contribution is 0.180. The second-order valence-corrected chi connectivity index (χ2v) is 6.49.